The van der Waals surface area contributed by atoms with Crippen LogP contribution in [-0.2, 0) is 14.3 Å². The molecule has 1 aliphatic heterocycles. The van der Waals surface area contributed by atoms with Crippen LogP contribution in [0.3, 0.4) is 0 Å². The van der Waals surface area contributed by atoms with E-state index in [-0.39, 0.29) is 12.0 Å². The summed E-state index contributed by atoms with van der Waals surface area (Å²) in [7, 11) is 0. The number of ether oxygens (including phenoxy) is 2. The largest absolute Gasteiger partial charge is 0.376 e. The topological polar surface area (TPSA) is 73.6 Å². The van der Waals surface area contributed by atoms with Crippen molar-refractivity contribution in [2.24, 2.45) is 5.73 Å². The third kappa shape index (κ3) is 4.82. The molecule has 0 aromatic heterocycles. The maximum Gasteiger partial charge on any atom is 0.218 e. The number of nitrogens with one attached hydrogen (secondary N) is 1. The van der Waals surface area contributed by atoms with E-state index < -0.39 is 0 Å². The highest BCUT2D eigenvalue weighted by Crippen LogP contribution is 1.98. The van der Waals surface area contributed by atoms with E-state index in [0.717, 1.165) is 0 Å². The van der Waals surface area contributed by atoms with Gasteiger partial charge in [0.1, 0.15) is 0 Å². The van der Waals surface area contributed by atoms with Crippen LogP contribution in [-0.4, -0.2) is 44.9 Å². The summed E-state index contributed by atoms with van der Waals surface area (Å²) in [4.78, 5) is 10.4. The smallest absolute Gasteiger partial charge is 0.218 e. The van der Waals surface area contributed by atoms with E-state index in [2.05, 4.69) is 5.32 Å². The molecule has 0 aromatic rings. The molecule has 0 spiro atoms. The second kappa shape index (κ2) is 5.90. The summed E-state index contributed by atoms with van der Waals surface area (Å²) < 4.78 is 10.6. The molecule has 76 valence electrons. The maximum atomic E-state index is 10.4. The summed E-state index contributed by atoms with van der Waals surface area (Å²) in [6, 6.07) is 0. The Balaban J connectivity index is 1.95. The van der Waals surface area contributed by atoms with Gasteiger partial charge in [-0.25, -0.2) is 0 Å². The molecule has 1 amide bonds. The first-order valence-electron chi connectivity index (χ1n) is 4.47. The highest BCUT2D eigenvalue weighted by atomic mass is 16.6. The molecule has 13 heavy (non-hydrogen) atoms. The highest BCUT2D eigenvalue weighted by Gasteiger charge is 2.13. The van der Waals surface area contributed by atoms with E-state index in [1.54, 1.807) is 0 Å². The molecular formula is C8H16N2O3. The van der Waals surface area contributed by atoms with E-state index in [1.165, 1.54) is 0 Å². The van der Waals surface area contributed by atoms with Crippen molar-refractivity contribution in [2.45, 2.75) is 12.5 Å². The number of hydrogen-bond acceptors (Lipinski definition) is 4. The average molecular weight is 188 g/mol. The second-order valence-electron chi connectivity index (χ2n) is 2.99. The quantitative estimate of drug-likeness (QED) is 0.535. The zero-order valence-electron chi connectivity index (χ0n) is 7.62. The van der Waals surface area contributed by atoms with Crippen LogP contribution < -0.4 is 11.1 Å². The predicted molar refractivity (Wildman–Crippen MR) is 47.2 cm³/mol. The lowest BCUT2D eigenvalue weighted by Gasteiger charge is -2.22. The normalized spacial score (nSPS) is 22.9. The molecule has 1 aliphatic rings. The van der Waals surface area contributed by atoms with Crippen molar-refractivity contribution in [2.75, 3.05) is 32.9 Å². The highest BCUT2D eigenvalue weighted by molar-refractivity contribution is 5.73. The van der Waals surface area contributed by atoms with Gasteiger partial charge in [0.05, 0.1) is 25.9 Å². The molecule has 0 radical (unpaired) electrons. The third-order valence-electron chi connectivity index (χ3n) is 1.81. The number of primary amides is 1. The minimum Gasteiger partial charge on any atom is -0.376 e. The van der Waals surface area contributed by atoms with Crippen LogP contribution >= 0.6 is 0 Å². The Morgan fingerprint density at radius 2 is 2.38 bits per heavy atom. The van der Waals surface area contributed by atoms with Crippen molar-refractivity contribution in [3.8, 4) is 0 Å². The van der Waals surface area contributed by atoms with Crippen LogP contribution in [0.25, 0.3) is 0 Å². The van der Waals surface area contributed by atoms with Crippen molar-refractivity contribution in [3.05, 3.63) is 0 Å². The van der Waals surface area contributed by atoms with Crippen LogP contribution in [0.15, 0.2) is 0 Å². The Bertz CT molecular complexity index is 157. The molecule has 0 aromatic carbocycles. The van der Waals surface area contributed by atoms with Gasteiger partial charge in [-0.05, 0) is 0 Å². The summed E-state index contributed by atoms with van der Waals surface area (Å²) in [6.07, 6.45) is 0.481. The van der Waals surface area contributed by atoms with Gasteiger partial charge in [-0.2, -0.15) is 0 Å². The Morgan fingerprint density at radius 1 is 1.54 bits per heavy atom. The Hall–Kier alpha value is -0.650. The number of nitrogens with two attached hydrogens (primary N) is 1. The van der Waals surface area contributed by atoms with E-state index in [0.29, 0.717) is 39.3 Å². The van der Waals surface area contributed by atoms with Crippen LogP contribution in [0.5, 0.6) is 0 Å². The van der Waals surface area contributed by atoms with Gasteiger partial charge in [0.15, 0.2) is 0 Å². The lowest BCUT2D eigenvalue weighted by Crippen LogP contribution is -2.38. The number of carbonyl (C=O) groups excluding carboxylic acids is 1. The van der Waals surface area contributed by atoms with Crippen molar-refractivity contribution in [3.63, 3.8) is 0 Å². The minimum absolute atomic E-state index is 0.113. The lowest BCUT2D eigenvalue weighted by molar-refractivity contribution is -0.118. The zero-order chi connectivity index (χ0) is 9.52. The van der Waals surface area contributed by atoms with Crippen molar-refractivity contribution in [1.82, 2.24) is 5.32 Å². The van der Waals surface area contributed by atoms with Crippen molar-refractivity contribution >= 4 is 5.91 Å². The van der Waals surface area contributed by atoms with Gasteiger partial charge in [-0.3, -0.25) is 4.79 Å². The molecule has 1 unspecified atom stereocenters. The van der Waals surface area contributed by atoms with Gasteiger partial charge in [-0.15, -0.1) is 0 Å². The molecule has 1 fully saturated rings. The van der Waals surface area contributed by atoms with Crippen LogP contribution in [0.4, 0.5) is 0 Å². The first-order chi connectivity index (χ1) is 6.29. The Morgan fingerprint density at radius 3 is 3.00 bits per heavy atom. The summed E-state index contributed by atoms with van der Waals surface area (Å²) in [5.74, 6) is -0.284. The van der Waals surface area contributed by atoms with Crippen LogP contribution in [0.1, 0.15) is 6.42 Å². The monoisotopic (exact) mass is 188 g/mol. The van der Waals surface area contributed by atoms with Crippen molar-refractivity contribution < 1.29 is 14.3 Å². The van der Waals surface area contributed by atoms with Gasteiger partial charge in [0, 0.05) is 19.5 Å². The van der Waals surface area contributed by atoms with Crippen LogP contribution in [0.2, 0.25) is 0 Å². The molecule has 5 nitrogen and oxygen atoms in total. The standard InChI is InChI=1S/C8H16N2O3/c9-8(11)1-2-10-5-7-6-12-3-4-13-7/h7,10H,1-6H2,(H2,9,11). The molecule has 3 N–H and O–H groups in total. The molecule has 1 atom stereocenters. The summed E-state index contributed by atoms with van der Waals surface area (Å²) in [5, 5.41) is 3.08. The van der Waals surface area contributed by atoms with Crippen molar-refractivity contribution in [1.29, 1.82) is 0 Å². The third-order valence-corrected chi connectivity index (χ3v) is 1.81. The molecule has 1 rings (SSSR count). The number of amides is 1. The van der Waals surface area contributed by atoms with Crippen LogP contribution in [0, 0.1) is 0 Å². The summed E-state index contributed by atoms with van der Waals surface area (Å²) >= 11 is 0. The molecule has 5 heteroatoms. The SMILES string of the molecule is NC(=O)CCNCC1COCCO1. The maximum absolute atomic E-state index is 10.4. The molecular weight excluding hydrogens is 172 g/mol. The molecule has 0 bridgehead atoms. The van der Waals surface area contributed by atoms with E-state index in [1.807, 2.05) is 0 Å². The first-order valence-corrected chi connectivity index (χ1v) is 4.47. The number of carbonyl (C=O) groups is 1. The lowest BCUT2D eigenvalue weighted by atomic mass is 10.3. The first kappa shape index (κ1) is 10.4. The van der Waals surface area contributed by atoms with E-state index >= 15 is 0 Å². The molecule has 0 saturated carbocycles. The van der Waals surface area contributed by atoms with Gasteiger partial charge in [0.25, 0.3) is 0 Å². The fraction of sp³-hybridized carbons (Fsp3) is 0.875. The second-order valence-corrected chi connectivity index (χ2v) is 2.99. The van der Waals surface area contributed by atoms with Gasteiger partial charge in [0.2, 0.25) is 5.91 Å². The summed E-state index contributed by atoms with van der Waals surface area (Å²) in [6.45, 7) is 3.28. The summed E-state index contributed by atoms with van der Waals surface area (Å²) in [5.41, 5.74) is 4.98. The Kier molecular flexibility index (Phi) is 4.74. The van der Waals surface area contributed by atoms with Gasteiger partial charge < -0.3 is 20.5 Å². The molecule has 0 aliphatic carbocycles. The fourth-order valence-corrected chi connectivity index (χ4v) is 1.13. The van der Waals surface area contributed by atoms with E-state index in [4.69, 9.17) is 15.2 Å². The molecule has 1 saturated heterocycles. The number of rotatable bonds is 5. The predicted octanol–water partition coefficient (Wildman–Crippen LogP) is -1.13. The average Bonchev–Trinajstić information content (AvgIpc) is 2.14. The van der Waals surface area contributed by atoms with Gasteiger partial charge >= 0.3 is 0 Å². The minimum atomic E-state index is -0.284. The van der Waals surface area contributed by atoms with Gasteiger partial charge in [-0.1, -0.05) is 0 Å². The molecule has 1 heterocycles. The van der Waals surface area contributed by atoms with E-state index in [9.17, 15) is 4.79 Å². The Labute approximate surface area is 77.6 Å². The number of hydrogen-bond donors (Lipinski definition) is 2. The zero-order valence-corrected chi connectivity index (χ0v) is 7.62. The fourth-order valence-electron chi connectivity index (χ4n) is 1.13.